The van der Waals surface area contributed by atoms with Gasteiger partial charge in [0.2, 0.25) is 0 Å². The molecular weight excluding hydrogens is 388 g/mol. The largest absolute Gasteiger partial charge is 0.497 e. The quantitative estimate of drug-likeness (QED) is 0.596. The van der Waals surface area contributed by atoms with Gasteiger partial charge in [-0.05, 0) is 44.2 Å². The number of aryl methyl sites for hydroxylation is 2. The van der Waals surface area contributed by atoms with Crippen molar-refractivity contribution in [2.45, 2.75) is 13.8 Å². The van der Waals surface area contributed by atoms with E-state index < -0.39 is 0 Å². The number of carbonyl (C=O) groups is 2. The molecule has 0 spiro atoms. The predicted molar refractivity (Wildman–Crippen MR) is 112 cm³/mol. The van der Waals surface area contributed by atoms with Crippen molar-refractivity contribution >= 4 is 28.7 Å². The van der Waals surface area contributed by atoms with Crippen LogP contribution in [0.2, 0.25) is 0 Å². The van der Waals surface area contributed by atoms with Crippen molar-refractivity contribution in [1.82, 2.24) is 4.98 Å². The second kappa shape index (κ2) is 7.67. The number of nitrogens with zero attached hydrogens (tertiary/aromatic N) is 2. The number of hydrogen-bond acceptors (Lipinski definition) is 6. The lowest BCUT2D eigenvalue weighted by atomic mass is 10.1. The zero-order chi connectivity index (χ0) is 20.5. The number of Topliss-reactive ketones (excluding diaryl/α,β-unsaturated/α-hetero) is 1. The Labute approximate surface area is 172 Å². The van der Waals surface area contributed by atoms with Crippen molar-refractivity contribution in [2.75, 3.05) is 25.2 Å². The Morgan fingerprint density at radius 1 is 1.24 bits per heavy atom. The molecule has 0 aliphatic carbocycles. The highest BCUT2D eigenvalue weighted by molar-refractivity contribution is 7.11. The Bertz CT molecular complexity index is 1110. The monoisotopic (exact) mass is 408 g/mol. The van der Waals surface area contributed by atoms with Gasteiger partial charge in [-0.15, -0.1) is 11.3 Å². The molecule has 6 nitrogen and oxygen atoms in total. The summed E-state index contributed by atoms with van der Waals surface area (Å²) >= 11 is 1.63. The van der Waals surface area contributed by atoms with E-state index in [2.05, 4.69) is 4.98 Å². The molecule has 29 heavy (non-hydrogen) atoms. The minimum Gasteiger partial charge on any atom is -0.497 e. The van der Waals surface area contributed by atoms with Crippen LogP contribution in [0.4, 0.5) is 5.69 Å². The fourth-order valence-electron chi connectivity index (χ4n) is 3.35. The third-order valence-electron chi connectivity index (χ3n) is 4.77. The number of anilines is 1. The number of ketones is 1. The SMILES string of the molecule is COc1cccc(C(=O)CN2C(=O)COc3ccc(-c4nc(C)sc4C)cc32)c1. The first-order valence-electron chi connectivity index (χ1n) is 9.15. The maximum Gasteiger partial charge on any atom is 0.265 e. The topological polar surface area (TPSA) is 68.7 Å². The van der Waals surface area contributed by atoms with Gasteiger partial charge < -0.3 is 9.47 Å². The van der Waals surface area contributed by atoms with E-state index in [0.717, 1.165) is 21.1 Å². The van der Waals surface area contributed by atoms with E-state index in [1.165, 1.54) is 4.90 Å². The number of benzene rings is 2. The molecule has 1 aliphatic heterocycles. The van der Waals surface area contributed by atoms with Crippen LogP contribution in [0.3, 0.4) is 0 Å². The molecule has 1 aliphatic rings. The van der Waals surface area contributed by atoms with Gasteiger partial charge in [0.05, 0.1) is 30.0 Å². The van der Waals surface area contributed by atoms with E-state index in [4.69, 9.17) is 9.47 Å². The summed E-state index contributed by atoms with van der Waals surface area (Å²) in [6, 6.07) is 12.5. The molecule has 0 fully saturated rings. The molecule has 148 valence electrons. The number of fused-ring (bicyclic) bond motifs is 1. The van der Waals surface area contributed by atoms with Crippen LogP contribution in [0.1, 0.15) is 20.2 Å². The summed E-state index contributed by atoms with van der Waals surface area (Å²) in [6.07, 6.45) is 0. The van der Waals surface area contributed by atoms with Gasteiger partial charge in [-0.1, -0.05) is 12.1 Å². The minimum atomic E-state index is -0.253. The molecule has 0 radical (unpaired) electrons. The predicted octanol–water partition coefficient (Wildman–Crippen LogP) is 4.04. The molecular formula is C22H20N2O4S. The third kappa shape index (κ3) is 3.73. The molecule has 2 aromatic carbocycles. The van der Waals surface area contributed by atoms with E-state index in [9.17, 15) is 9.59 Å². The van der Waals surface area contributed by atoms with E-state index in [1.807, 2.05) is 32.0 Å². The maximum absolute atomic E-state index is 12.8. The molecule has 3 aromatic rings. The van der Waals surface area contributed by atoms with Gasteiger partial charge in [0.15, 0.2) is 12.4 Å². The molecule has 0 bridgehead atoms. The Hall–Kier alpha value is -3.19. The molecule has 4 rings (SSSR count). The van der Waals surface area contributed by atoms with Gasteiger partial charge in [0.1, 0.15) is 11.5 Å². The van der Waals surface area contributed by atoms with Crippen LogP contribution in [0, 0.1) is 13.8 Å². The first kappa shape index (κ1) is 19.1. The van der Waals surface area contributed by atoms with Crippen LogP contribution < -0.4 is 14.4 Å². The number of carbonyl (C=O) groups excluding carboxylic acids is 2. The fourth-order valence-corrected chi connectivity index (χ4v) is 4.19. The summed E-state index contributed by atoms with van der Waals surface area (Å²) < 4.78 is 10.8. The van der Waals surface area contributed by atoms with E-state index in [0.29, 0.717) is 22.7 Å². The maximum atomic E-state index is 12.8. The molecule has 0 unspecified atom stereocenters. The van der Waals surface area contributed by atoms with Crippen LogP contribution in [-0.4, -0.2) is 36.9 Å². The Kier molecular flexibility index (Phi) is 5.07. The number of amides is 1. The number of methoxy groups -OCH3 is 1. The van der Waals surface area contributed by atoms with Crippen molar-refractivity contribution in [3.05, 3.63) is 57.9 Å². The summed E-state index contributed by atoms with van der Waals surface area (Å²) in [5.41, 5.74) is 2.85. The number of aromatic nitrogens is 1. The molecule has 0 atom stereocenters. The van der Waals surface area contributed by atoms with Crippen molar-refractivity contribution in [3.8, 4) is 22.8 Å². The van der Waals surface area contributed by atoms with Crippen molar-refractivity contribution < 1.29 is 19.1 Å². The number of ether oxygens (including phenoxy) is 2. The molecule has 0 saturated heterocycles. The lowest BCUT2D eigenvalue weighted by Gasteiger charge is -2.29. The molecule has 1 amide bonds. The Morgan fingerprint density at radius 3 is 2.79 bits per heavy atom. The van der Waals surface area contributed by atoms with Gasteiger partial charge in [0, 0.05) is 16.0 Å². The highest BCUT2D eigenvalue weighted by Crippen LogP contribution is 2.37. The molecule has 0 saturated carbocycles. The van der Waals surface area contributed by atoms with E-state index in [-0.39, 0.29) is 24.8 Å². The van der Waals surface area contributed by atoms with Crippen LogP contribution in [0.15, 0.2) is 42.5 Å². The van der Waals surface area contributed by atoms with Crippen molar-refractivity contribution in [1.29, 1.82) is 0 Å². The summed E-state index contributed by atoms with van der Waals surface area (Å²) in [4.78, 5) is 32.6. The standard InChI is InChI=1S/C22H20N2O4S/c1-13-22(23-14(2)29-13)16-7-8-20-18(10-16)24(21(26)12-28-20)11-19(25)15-5-4-6-17(9-15)27-3/h4-10H,11-12H2,1-3H3. The normalized spacial score (nSPS) is 13.1. The lowest BCUT2D eigenvalue weighted by molar-refractivity contribution is -0.121. The highest BCUT2D eigenvalue weighted by atomic mass is 32.1. The van der Waals surface area contributed by atoms with Gasteiger partial charge in [-0.2, -0.15) is 0 Å². The minimum absolute atomic E-state index is 0.0686. The van der Waals surface area contributed by atoms with E-state index >= 15 is 0 Å². The van der Waals surface area contributed by atoms with Gasteiger partial charge in [-0.3, -0.25) is 14.5 Å². The number of hydrogen-bond donors (Lipinski definition) is 0. The summed E-state index contributed by atoms with van der Waals surface area (Å²) in [7, 11) is 1.55. The number of thiazole rings is 1. The van der Waals surface area contributed by atoms with Crippen LogP contribution in [0.25, 0.3) is 11.3 Å². The smallest absolute Gasteiger partial charge is 0.265 e. The fraction of sp³-hybridized carbons (Fsp3) is 0.227. The Morgan fingerprint density at radius 2 is 2.07 bits per heavy atom. The van der Waals surface area contributed by atoms with Gasteiger partial charge in [0.25, 0.3) is 5.91 Å². The average Bonchev–Trinajstić information content (AvgIpc) is 3.07. The summed E-state index contributed by atoms with van der Waals surface area (Å²) in [6.45, 7) is 3.82. The van der Waals surface area contributed by atoms with Gasteiger partial charge in [-0.25, -0.2) is 4.98 Å². The second-order valence-electron chi connectivity index (χ2n) is 6.74. The summed E-state index contributed by atoms with van der Waals surface area (Å²) in [5.74, 6) is 0.755. The zero-order valence-corrected chi connectivity index (χ0v) is 17.2. The average molecular weight is 408 g/mol. The van der Waals surface area contributed by atoms with Crippen LogP contribution in [0.5, 0.6) is 11.5 Å². The highest BCUT2D eigenvalue weighted by Gasteiger charge is 2.28. The second-order valence-corrected chi connectivity index (χ2v) is 8.15. The molecule has 1 aromatic heterocycles. The van der Waals surface area contributed by atoms with Crippen LogP contribution >= 0.6 is 11.3 Å². The lowest BCUT2D eigenvalue weighted by Crippen LogP contribution is -2.42. The first-order valence-corrected chi connectivity index (χ1v) is 9.97. The zero-order valence-electron chi connectivity index (χ0n) is 16.4. The molecule has 2 heterocycles. The van der Waals surface area contributed by atoms with Gasteiger partial charge >= 0.3 is 0 Å². The first-order chi connectivity index (χ1) is 14.0. The van der Waals surface area contributed by atoms with E-state index in [1.54, 1.807) is 42.7 Å². The number of rotatable bonds is 5. The third-order valence-corrected chi connectivity index (χ3v) is 5.66. The van der Waals surface area contributed by atoms with Crippen molar-refractivity contribution in [3.63, 3.8) is 0 Å². The summed E-state index contributed by atoms with van der Waals surface area (Å²) in [5, 5.41) is 0.979. The van der Waals surface area contributed by atoms with Crippen LogP contribution in [-0.2, 0) is 4.79 Å². The van der Waals surface area contributed by atoms with Crippen molar-refractivity contribution in [2.24, 2.45) is 0 Å². The molecule has 0 N–H and O–H groups in total. The Balaban J connectivity index is 1.68. The molecule has 7 heteroatoms.